The van der Waals surface area contributed by atoms with Crippen LogP contribution in [0.5, 0.6) is 0 Å². The number of nitrogens with zero attached hydrogens (tertiary/aromatic N) is 1. The van der Waals surface area contributed by atoms with Crippen LogP contribution in [0.25, 0.3) is 0 Å². The smallest absolute Gasteiger partial charge is 0.235 e. The third-order valence-corrected chi connectivity index (χ3v) is 5.87. The van der Waals surface area contributed by atoms with Crippen molar-refractivity contribution in [3.8, 4) is 6.07 Å². The van der Waals surface area contributed by atoms with E-state index in [0.717, 1.165) is 23.3 Å². The van der Waals surface area contributed by atoms with E-state index in [1.54, 1.807) is 18.3 Å². The molecule has 144 valence electrons. The Morgan fingerprint density at radius 1 is 1.26 bits per heavy atom. The number of carbonyl (C=O) groups excluding carboxylic acids is 1. The minimum absolute atomic E-state index is 0.0330. The summed E-state index contributed by atoms with van der Waals surface area (Å²) < 4.78 is 0. The zero-order valence-corrected chi connectivity index (χ0v) is 17.4. The lowest BCUT2D eigenvalue weighted by Crippen LogP contribution is -2.51. The number of carbonyl (C=O) groups is 1. The maximum absolute atomic E-state index is 12.4. The molecule has 5 heteroatoms. The Kier molecular flexibility index (Phi) is 7.58. The molecule has 2 rings (SSSR count). The van der Waals surface area contributed by atoms with E-state index in [9.17, 15) is 10.1 Å². The summed E-state index contributed by atoms with van der Waals surface area (Å²) in [4.78, 5) is 13.6. The Morgan fingerprint density at radius 2 is 1.96 bits per heavy atom. The summed E-state index contributed by atoms with van der Waals surface area (Å²) >= 11 is 1.67. The van der Waals surface area contributed by atoms with Gasteiger partial charge in [-0.1, -0.05) is 57.5 Å². The zero-order chi connectivity index (χ0) is 19.9. The highest BCUT2D eigenvalue weighted by atomic mass is 32.1. The molecule has 27 heavy (non-hydrogen) atoms. The summed E-state index contributed by atoms with van der Waals surface area (Å²) in [6.07, 6.45) is 2.20. The van der Waals surface area contributed by atoms with E-state index in [4.69, 9.17) is 0 Å². The highest BCUT2D eigenvalue weighted by Gasteiger charge is 2.30. The molecule has 0 fully saturated rings. The lowest BCUT2D eigenvalue weighted by Gasteiger charge is -2.28. The van der Waals surface area contributed by atoms with Crippen molar-refractivity contribution in [3.05, 3.63) is 57.8 Å². The number of benzene rings is 1. The fourth-order valence-electron chi connectivity index (χ4n) is 2.83. The zero-order valence-electron chi connectivity index (χ0n) is 16.6. The number of hydrogen-bond acceptors (Lipinski definition) is 4. The van der Waals surface area contributed by atoms with Gasteiger partial charge in [0.25, 0.3) is 0 Å². The Labute approximate surface area is 166 Å². The van der Waals surface area contributed by atoms with Gasteiger partial charge < -0.3 is 5.32 Å². The predicted octanol–water partition coefficient (Wildman–Crippen LogP) is 4.43. The van der Waals surface area contributed by atoms with Crippen LogP contribution in [-0.4, -0.2) is 18.0 Å². The van der Waals surface area contributed by atoms with Crippen molar-refractivity contribution in [2.24, 2.45) is 5.92 Å². The lowest BCUT2D eigenvalue weighted by molar-refractivity contribution is -0.121. The van der Waals surface area contributed by atoms with Gasteiger partial charge in [0.15, 0.2) is 0 Å². The molecule has 0 spiro atoms. The number of nitriles is 1. The predicted molar refractivity (Wildman–Crippen MR) is 112 cm³/mol. The fraction of sp³-hybridized carbons (Fsp3) is 0.455. The Morgan fingerprint density at radius 3 is 2.48 bits per heavy atom. The van der Waals surface area contributed by atoms with E-state index in [2.05, 4.69) is 54.0 Å². The molecular formula is C22H29N3OS. The second kappa shape index (κ2) is 9.68. The topological polar surface area (TPSA) is 64.9 Å². The van der Waals surface area contributed by atoms with Crippen LogP contribution in [-0.2, 0) is 11.2 Å². The van der Waals surface area contributed by atoms with Crippen LogP contribution >= 0.6 is 11.3 Å². The second-order valence-corrected chi connectivity index (χ2v) is 8.32. The first-order chi connectivity index (χ1) is 12.9. The van der Waals surface area contributed by atoms with Crippen molar-refractivity contribution in [3.63, 3.8) is 0 Å². The summed E-state index contributed by atoms with van der Waals surface area (Å²) in [5.41, 5.74) is 1.60. The molecule has 1 heterocycles. The quantitative estimate of drug-likeness (QED) is 0.673. The first-order valence-corrected chi connectivity index (χ1v) is 10.4. The molecule has 0 bridgehead atoms. The van der Waals surface area contributed by atoms with Gasteiger partial charge in [-0.3, -0.25) is 10.1 Å². The molecule has 0 saturated carbocycles. The minimum Gasteiger partial charge on any atom is -0.337 e. The van der Waals surface area contributed by atoms with Gasteiger partial charge in [-0.2, -0.15) is 5.26 Å². The van der Waals surface area contributed by atoms with E-state index in [0.29, 0.717) is 0 Å². The van der Waals surface area contributed by atoms with Gasteiger partial charge in [0.1, 0.15) is 5.54 Å². The molecule has 2 atom stereocenters. The molecule has 0 radical (unpaired) electrons. The molecule has 1 aromatic carbocycles. The number of thiophene rings is 1. The lowest BCUT2D eigenvalue weighted by atomic mass is 9.90. The van der Waals surface area contributed by atoms with Crippen molar-refractivity contribution in [1.29, 1.82) is 5.26 Å². The molecule has 0 aliphatic heterocycles. The number of nitrogens with one attached hydrogen (secondary N) is 2. The van der Waals surface area contributed by atoms with Crippen molar-refractivity contribution >= 4 is 17.2 Å². The highest BCUT2D eigenvalue weighted by molar-refractivity contribution is 7.10. The summed E-state index contributed by atoms with van der Waals surface area (Å²) in [5.74, 6) is -0.137. The van der Waals surface area contributed by atoms with Gasteiger partial charge in [0, 0.05) is 4.88 Å². The van der Waals surface area contributed by atoms with Gasteiger partial charge in [0.05, 0.1) is 18.7 Å². The van der Waals surface area contributed by atoms with E-state index in [1.807, 2.05) is 25.3 Å². The molecule has 0 aliphatic rings. The van der Waals surface area contributed by atoms with Crippen molar-refractivity contribution < 1.29 is 4.79 Å². The fourth-order valence-corrected chi connectivity index (χ4v) is 3.66. The number of hydrogen-bond donors (Lipinski definition) is 2. The third kappa shape index (κ3) is 5.66. The molecule has 2 aromatic rings. The SMILES string of the molecule is CCCc1ccc([C@@H](NCC(=O)N[C@@](C)(C#N)C(C)C)c2cccs2)cc1. The van der Waals surface area contributed by atoms with E-state index in [1.165, 1.54) is 5.56 Å². The van der Waals surface area contributed by atoms with Crippen LogP contribution < -0.4 is 10.6 Å². The number of rotatable bonds is 9. The number of aryl methyl sites for hydroxylation is 1. The monoisotopic (exact) mass is 383 g/mol. The maximum atomic E-state index is 12.4. The average molecular weight is 384 g/mol. The molecule has 2 N–H and O–H groups in total. The average Bonchev–Trinajstić information content (AvgIpc) is 3.17. The van der Waals surface area contributed by atoms with Crippen LogP contribution in [0.2, 0.25) is 0 Å². The maximum Gasteiger partial charge on any atom is 0.235 e. The van der Waals surface area contributed by atoms with Crippen LogP contribution in [0.1, 0.15) is 56.2 Å². The summed E-state index contributed by atoms with van der Waals surface area (Å²) in [7, 11) is 0. The molecule has 0 saturated heterocycles. The molecular weight excluding hydrogens is 354 g/mol. The van der Waals surface area contributed by atoms with E-state index in [-0.39, 0.29) is 24.4 Å². The highest BCUT2D eigenvalue weighted by Crippen LogP contribution is 2.26. The Hall–Kier alpha value is -2.16. The van der Waals surface area contributed by atoms with Crippen LogP contribution in [0.3, 0.4) is 0 Å². The van der Waals surface area contributed by atoms with Gasteiger partial charge in [-0.05, 0) is 41.8 Å². The first kappa shape index (κ1) is 21.1. The Balaban J connectivity index is 2.10. The van der Waals surface area contributed by atoms with Crippen LogP contribution in [0, 0.1) is 17.2 Å². The second-order valence-electron chi connectivity index (χ2n) is 7.34. The standard InChI is InChI=1S/C22H29N3OS/c1-5-7-17-9-11-18(12-10-17)21(19-8-6-13-27-19)24-14-20(26)25-22(4,15-23)16(2)3/h6,8-13,16,21,24H,5,7,14H2,1-4H3,(H,25,26)/t21-,22+/m1/s1. The first-order valence-electron chi connectivity index (χ1n) is 9.47. The molecule has 1 aromatic heterocycles. The van der Waals surface area contributed by atoms with Gasteiger partial charge in [-0.15, -0.1) is 11.3 Å². The van der Waals surface area contributed by atoms with Crippen LogP contribution in [0.4, 0.5) is 0 Å². The summed E-state index contributed by atoms with van der Waals surface area (Å²) in [5, 5.41) is 17.7. The van der Waals surface area contributed by atoms with Gasteiger partial charge in [-0.25, -0.2) is 0 Å². The molecule has 4 nitrogen and oxygen atoms in total. The molecule has 0 aliphatic carbocycles. The normalized spacial score (nSPS) is 14.4. The van der Waals surface area contributed by atoms with Crippen LogP contribution in [0.15, 0.2) is 41.8 Å². The molecule has 1 amide bonds. The van der Waals surface area contributed by atoms with Crippen molar-refractivity contribution in [2.75, 3.05) is 6.54 Å². The summed E-state index contributed by atoms with van der Waals surface area (Å²) in [6.45, 7) is 7.96. The minimum atomic E-state index is -0.862. The van der Waals surface area contributed by atoms with E-state index >= 15 is 0 Å². The number of amides is 1. The van der Waals surface area contributed by atoms with E-state index < -0.39 is 5.54 Å². The molecule has 0 unspecified atom stereocenters. The third-order valence-electron chi connectivity index (χ3n) is 4.93. The Bertz CT molecular complexity index is 762. The van der Waals surface area contributed by atoms with Gasteiger partial charge in [0.2, 0.25) is 5.91 Å². The van der Waals surface area contributed by atoms with Gasteiger partial charge >= 0.3 is 0 Å². The van der Waals surface area contributed by atoms with Crippen molar-refractivity contribution in [1.82, 2.24) is 10.6 Å². The summed E-state index contributed by atoms with van der Waals surface area (Å²) in [6, 6.07) is 14.9. The van der Waals surface area contributed by atoms with Crippen molar-refractivity contribution in [2.45, 2.75) is 52.1 Å². The largest absolute Gasteiger partial charge is 0.337 e.